The van der Waals surface area contributed by atoms with Crippen molar-refractivity contribution in [2.45, 2.75) is 45.3 Å². The third-order valence-electron chi connectivity index (χ3n) is 3.97. The maximum absolute atomic E-state index is 5.56. The predicted molar refractivity (Wildman–Crippen MR) is 69.9 cm³/mol. The van der Waals surface area contributed by atoms with Crippen molar-refractivity contribution in [1.29, 1.82) is 0 Å². The van der Waals surface area contributed by atoms with Crippen LogP contribution < -0.4 is 0 Å². The van der Waals surface area contributed by atoms with Crippen LogP contribution in [0.4, 0.5) is 0 Å². The summed E-state index contributed by atoms with van der Waals surface area (Å²) in [7, 11) is 1.65. The summed E-state index contributed by atoms with van der Waals surface area (Å²) in [6, 6.07) is 1.65. The smallest absolute Gasteiger partial charge is 0.335 e. The molecule has 4 heteroatoms. The fourth-order valence-corrected chi connectivity index (χ4v) is 4.22. The zero-order valence-electron chi connectivity index (χ0n) is 11.5. The zero-order chi connectivity index (χ0) is 12.2. The van der Waals surface area contributed by atoms with Gasteiger partial charge in [-0.1, -0.05) is 6.92 Å². The lowest BCUT2D eigenvalue weighted by Crippen LogP contribution is -2.46. The molecule has 1 aliphatic heterocycles. The summed E-state index contributed by atoms with van der Waals surface area (Å²) < 4.78 is 11.1. The normalized spacial score (nSPS) is 22.3. The first kappa shape index (κ1) is 14.2. The van der Waals surface area contributed by atoms with Crippen molar-refractivity contribution in [3.8, 4) is 0 Å². The van der Waals surface area contributed by atoms with Gasteiger partial charge in [-0.3, -0.25) is 0 Å². The Morgan fingerprint density at radius 1 is 1.25 bits per heavy atom. The van der Waals surface area contributed by atoms with Crippen molar-refractivity contribution in [2.24, 2.45) is 5.92 Å². The fraction of sp³-hybridized carbons (Fsp3) is 1.00. The molecule has 3 nitrogen and oxygen atoms in total. The Labute approximate surface area is 101 Å². The third-order valence-corrected chi connectivity index (χ3v) is 7.03. The highest BCUT2D eigenvalue weighted by Crippen LogP contribution is 2.23. The zero-order valence-corrected chi connectivity index (χ0v) is 12.5. The predicted octanol–water partition coefficient (Wildman–Crippen LogP) is 2.47. The van der Waals surface area contributed by atoms with Crippen LogP contribution in [0.5, 0.6) is 0 Å². The quantitative estimate of drug-likeness (QED) is 0.695. The van der Waals surface area contributed by atoms with E-state index in [0.29, 0.717) is 6.04 Å². The molecule has 0 amide bonds. The molecular formula is C12H27NO2Si. The van der Waals surface area contributed by atoms with Crippen molar-refractivity contribution >= 4 is 8.56 Å². The van der Waals surface area contributed by atoms with Crippen LogP contribution in [0, 0.1) is 5.92 Å². The van der Waals surface area contributed by atoms with E-state index in [1.54, 1.807) is 14.2 Å². The van der Waals surface area contributed by atoms with Crippen molar-refractivity contribution in [3.05, 3.63) is 0 Å². The topological polar surface area (TPSA) is 21.7 Å². The van der Waals surface area contributed by atoms with E-state index >= 15 is 0 Å². The van der Waals surface area contributed by atoms with Gasteiger partial charge >= 0.3 is 8.56 Å². The van der Waals surface area contributed by atoms with E-state index in [2.05, 4.69) is 25.3 Å². The second-order valence-corrected chi connectivity index (χ2v) is 8.81. The number of hydrogen-bond acceptors (Lipinski definition) is 3. The molecule has 0 bridgehead atoms. The highest BCUT2D eigenvalue weighted by Gasteiger charge is 2.33. The summed E-state index contributed by atoms with van der Waals surface area (Å²) in [5, 5.41) is 0. The molecule has 0 radical (unpaired) electrons. The van der Waals surface area contributed by atoms with Crippen LogP contribution in [0.2, 0.25) is 12.6 Å². The van der Waals surface area contributed by atoms with Crippen LogP contribution in [0.1, 0.15) is 26.7 Å². The monoisotopic (exact) mass is 245 g/mol. The van der Waals surface area contributed by atoms with Crippen LogP contribution in [-0.4, -0.2) is 46.8 Å². The molecule has 1 aliphatic rings. The molecule has 0 aromatic carbocycles. The van der Waals surface area contributed by atoms with Gasteiger partial charge in [0.25, 0.3) is 0 Å². The Morgan fingerprint density at radius 2 is 1.75 bits per heavy atom. The minimum absolute atomic E-state index is 0.587. The molecule has 0 aromatic heterocycles. The molecule has 1 rings (SSSR count). The fourth-order valence-electron chi connectivity index (χ4n) is 2.39. The van der Waals surface area contributed by atoms with E-state index in [1.807, 2.05) is 0 Å². The Bertz CT molecular complexity index is 201. The molecule has 1 saturated heterocycles. The molecule has 0 spiro atoms. The van der Waals surface area contributed by atoms with E-state index in [9.17, 15) is 0 Å². The van der Waals surface area contributed by atoms with Gasteiger partial charge in [-0.25, -0.2) is 0 Å². The molecule has 16 heavy (non-hydrogen) atoms. The number of piperidine rings is 1. The van der Waals surface area contributed by atoms with Crippen molar-refractivity contribution in [2.75, 3.05) is 27.3 Å². The van der Waals surface area contributed by atoms with E-state index in [4.69, 9.17) is 8.85 Å². The Hall–Kier alpha value is 0.0969. The SMILES string of the molecule is CO[Si](C)(CC(C)N1CCC(C)CC1)OC. The lowest BCUT2D eigenvalue weighted by atomic mass is 9.98. The first-order valence-corrected chi connectivity index (χ1v) is 8.87. The van der Waals surface area contributed by atoms with E-state index in [1.165, 1.54) is 25.9 Å². The molecule has 1 unspecified atom stereocenters. The number of nitrogens with zero attached hydrogens (tertiary/aromatic N) is 1. The first-order valence-electron chi connectivity index (χ1n) is 6.35. The lowest BCUT2D eigenvalue weighted by Gasteiger charge is -2.37. The maximum atomic E-state index is 5.56. The summed E-state index contributed by atoms with van der Waals surface area (Å²) >= 11 is 0. The van der Waals surface area contributed by atoms with Crippen LogP contribution in [0.15, 0.2) is 0 Å². The summed E-state index contributed by atoms with van der Waals surface area (Å²) in [5.41, 5.74) is 0. The van der Waals surface area contributed by atoms with Gasteiger partial charge in [-0.2, -0.15) is 0 Å². The average molecular weight is 245 g/mol. The van der Waals surface area contributed by atoms with E-state index in [-0.39, 0.29) is 0 Å². The summed E-state index contributed by atoms with van der Waals surface area (Å²) in [4.78, 5) is 2.59. The van der Waals surface area contributed by atoms with Crippen molar-refractivity contribution in [3.63, 3.8) is 0 Å². The van der Waals surface area contributed by atoms with Gasteiger partial charge in [-0.15, -0.1) is 0 Å². The molecule has 0 aromatic rings. The molecule has 0 aliphatic carbocycles. The molecule has 96 valence electrons. The van der Waals surface area contributed by atoms with Crippen LogP contribution >= 0.6 is 0 Å². The molecule has 0 N–H and O–H groups in total. The van der Waals surface area contributed by atoms with Crippen molar-refractivity contribution in [1.82, 2.24) is 4.90 Å². The van der Waals surface area contributed by atoms with Crippen LogP contribution in [-0.2, 0) is 8.85 Å². The third kappa shape index (κ3) is 3.84. The van der Waals surface area contributed by atoms with Gasteiger partial charge < -0.3 is 13.8 Å². The minimum Gasteiger partial charge on any atom is -0.398 e. The molecule has 1 fully saturated rings. The Morgan fingerprint density at radius 3 is 2.19 bits per heavy atom. The number of rotatable bonds is 5. The Balaban J connectivity index is 2.42. The van der Waals surface area contributed by atoms with Gasteiger partial charge in [0.2, 0.25) is 0 Å². The summed E-state index contributed by atoms with van der Waals surface area (Å²) in [6.07, 6.45) is 2.67. The van der Waals surface area contributed by atoms with Crippen LogP contribution in [0.25, 0.3) is 0 Å². The summed E-state index contributed by atoms with van der Waals surface area (Å²) in [5.74, 6) is 0.900. The first-order chi connectivity index (χ1) is 7.50. The standard InChI is InChI=1S/C12H27NO2Si/c1-11-6-8-13(9-7-11)12(2)10-16(5,14-3)15-4/h11-12H,6-10H2,1-5H3. The number of likely N-dealkylation sites (tertiary alicyclic amines) is 1. The number of hydrogen-bond donors (Lipinski definition) is 0. The van der Waals surface area contributed by atoms with E-state index in [0.717, 1.165) is 12.0 Å². The highest BCUT2D eigenvalue weighted by molar-refractivity contribution is 6.66. The second-order valence-electron chi connectivity index (χ2n) is 5.31. The van der Waals surface area contributed by atoms with Gasteiger partial charge in [0.05, 0.1) is 0 Å². The van der Waals surface area contributed by atoms with Gasteiger partial charge in [0.1, 0.15) is 0 Å². The van der Waals surface area contributed by atoms with Crippen molar-refractivity contribution < 1.29 is 8.85 Å². The van der Waals surface area contributed by atoms with Gasteiger partial charge in [-0.05, 0) is 45.3 Å². The molecule has 1 atom stereocenters. The lowest BCUT2D eigenvalue weighted by molar-refractivity contribution is 0.144. The van der Waals surface area contributed by atoms with Gasteiger partial charge in [0.15, 0.2) is 0 Å². The molecule has 0 saturated carbocycles. The van der Waals surface area contributed by atoms with Gasteiger partial charge in [0, 0.05) is 26.3 Å². The molecular weight excluding hydrogens is 218 g/mol. The summed E-state index contributed by atoms with van der Waals surface area (Å²) in [6.45, 7) is 9.28. The Kier molecular flexibility index (Phi) is 5.44. The van der Waals surface area contributed by atoms with E-state index < -0.39 is 8.56 Å². The minimum atomic E-state index is -1.90. The second kappa shape index (κ2) is 6.14. The van der Waals surface area contributed by atoms with Crippen LogP contribution in [0.3, 0.4) is 0 Å². The maximum Gasteiger partial charge on any atom is 0.335 e. The molecule has 1 heterocycles. The average Bonchev–Trinajstić information content (AvgIpc) is 2.29. The highest BCUT2D eigenvalue weighted by atomic mass is 28.4. The largest absolute Gasteiger partial charge is 0.398 e.